The van der Waals surface area contributed by atoms with E-state index in [4.69, 9.17) is 10.5 Å². The molecule has 0 aliphatic heterocycles. The first-order valence-electron chi connectivity index (χ1n) is 7.86. The number of ether oxygens (including phenoxy) is 1. The van der Waals surface area contributed by atoms with Crippen molar-refractivity contribution in [1.82, 2.24) is 10.2 Å². The van der Waals surface area contributed by atoms with Crippen molar-refractivity contribution >= 4 is 0 Å². The summed E-state index contributed by atoms with van der Waals surface area (Å²) >= 11 is 0. The maximum atomic E-state index is 6.04. The van der Waals surface area contributed by atoms with Crippen molar-refractivity contribution in [1.29, 1.82) is 0 Å². The summed E-state index contributed by atoms with van der Waals surface area (Å²) in [4.78, 5) is 0. The fraction of sp³-hybridized carbons (Fsp3) is 0.500. The van der Waals surface area contributed by atoms with E-state index in [2.05, 4.69) is 56.1 Å². The molecule has 4 nitrogen and oxygen atoms in total. The molecule has 1 atom stereocenters. The Hall–Kier alpha value is -1.81. The van der Waals surface area contributed by atoms with Crippen molar-refractivity contribution in [2.24, 2.45) is 5.73 Å². The molecule has 0 spiro atoms. The molecule has 0 fully saturated rings. The van der Waals surface area contributed by atoms with Gasteiger partial charge in [-0.3, -0.25) is 5.10 Å². The van der Waals surface area contributed by atoms with Gasteiger partial charge in [0, 0.05) is 23.6 Å². The van der Waals surface area contributed by atoms with Gasteiger partial charge in [-0.2, -0.15) is 5.10 Å². The van der Waals surface area contributed by atoms with Gasteiger partial charge in [-0.15, -0.1) is 0 Å². The van der Waals surface area contributed by atoms with Crippen LogP contribution >= 0.6 is 0 Å². The van der Waals surface area contributed by atoms with E-state index in [0.717, 1.165) is 17.1 Å². The number of benzene rings is 1. The molecule has 120 valence electrons. The van der Waals surface area contributed by atoms with Crippen LogP contribution in [0.4, 0.5) is 0 Å². The second-order valence-electron chi connectivity index (χ2n) is 6.70. The van der Waals surface area contributed by atoms with Crippen LogP contribution in [0.2, 0.25) is 0 Å². The largest absolute Gasteiger partial charge is 0.494 e. The monoisotopic (exact) mass is 301 g/mol. The van der Waals surface area contributed by atoms with Gasteiger partial charge in [0.2, 0.25) is 0 Å². The standard InChI is InChI=1S/C18H27N3O/c1-6-22-13-7-8-14(12(2)9-13)15(11-19)16-10-17(21-20-16)18(3,4)5/h7-10,15H,6,11,19H2,1-5H3,(H,20,21). The SMILES string of the molecule is CCOc1ccc(C(CN)c2cc(C(C)(C)C)n[nH]2)c(C)c1. The minimum atomic E-state index is 0.0295. The number of H-pyrrole nitrogens is 1. The summed E-state index contributed by atoms with van der Waals surface area (Å²) in [6, 6.07) is 8.32. The summed E-state index contributed by atoms with van der Waals surface area (Å²) in [6.45, 7) is 11.8. The molecule has 4 heteroatoms. The lowest BCUT2D eigenvalue weighted by Crippen LogP contribution is -2.15. The molecule has 2 rings (SSSR count). The maximum absolute atomic E-state index is 6.04. The second kappa shape index (κ2) is 6.53. The summed E-state index contributed by atoms with van der Waals surface area (Å²) in [5.41, 5.74) is 10.6. The van der Waals surface area contributed by atoms with Crippen LogP contribution in [0.5, 0.6) is 5.75 Å². The summed E-state index contributed by atoms with van der Waals surface area (Å²) in [7, 11) is 0. The van der Waals surface area contributed by atoms with E-state index in [1.54, 1.807) is 0 Å². The average molecular weight is 301 g/mol. The molecule has 22 heavy (non-hydrogen) atoms. The lowest BCUT2D eigenvalue weighted by atomic mass is 9.88. The van der Waals surface area contributed by atoms with Crippen LogP contribution in [-0.4, -0.2) is 23.3 Å². The predicted molar refractivity (Wildman–Crippen MR) is 90.5 cm³/mol. The van der Waals surface area contributed by atoms with E-state index < -0.39 is 0 Å². The molecule has 0 aliphatic rings. The van der Waals surface area contributed by atoms with E-state index >= 15 is 0 Å². The molecule has 0 radical (unpaired) electrons. The zero-order chi connectivity index (χ0) is 16.3. The molecular weight excluding hydrogens is 274 g/mol. The fourth-order valence-electron chi connectivity index (χ4n) is 2.62. The molecule has 2 aromatic rings. The van der Waals surface area contributed by atoms with E-state index in [1.165, 1.54) is 11.1 Å². The van der Waals surface area contributed by atoms with E-state index in [-0.39, 0.29) is 11.3 Å². The molecule has 1 unspecified atom stereocenters. The highest BCUT2D eigenvalue weighted by Crippen LogP contribution is 2.30. The van der Waals surface area contributed by atoms with Crippen molar-refractivity contribution in [3.63, 3.8) is 0 Å². The first-order chi connectivity index (χ1) is 10.4. The van der Waals surface area contributed by atoms with Crippen molar-refractivity contribution in [3.05, 3.63) is 46.8 Å². The second-order valence-corrected chi connectivity index (χ2v) is 6.70. The number of nitrogens with zero attached hydrogens (tertiary/aromatic N) is 1. The third-order valence-corrected chi connectivity index (χ3v) is 3.90. The van der Waals surface area contributed by atoms with E-state index in [1.807, 2.05) is 13.0 Å². The number of aryl methyl sites for hydroxylation is 1. The number of nitrogens with two attached hydrogens (primary N) is 1. The highest BCUT2D eigenvalue weighted by Gasteiger charge is 2.22. The van der Waals surface area contributed by atoms with Gasteiger partial charge in [-0.25, -0.2) is 0 Å². The van der Waals surface area contributed by atoms with Crippen LogP contribution in [0.1, 0.15) is 56.1 Å². The summed E-state index contributed by atoms with van der Waals surface area (Å²) in [5, 5.41) is 7.62. The molecular formula is C18H27N3O. The van der Waals surface area contributed by atoms with Crippen LogP contribution in [0.3, 0.4) is 0 Å². The molecule has 1 aromatic heterocycles. The van der Waals surface area contributed by atoms with Crippen molar-refractivity contribution < 1.29 is 4.74 Å². The zero-order valence-corrected chi connectivity index (χ0v) is 14.2. The van der Waals surface area contributed by atoms with Crippen molar-refractivity contribution in [2.45, 2.75) is 46.0 Å². The zero-order valence-electron chi connectivity index (χ0n) is 14.2. The van der Waals surface area contributed by atoms with Crippen molar-refractivity contribution in [3.8, 4) is 5.75 Å². The first-order valence-corrected chi connectivity index (χ1v) is 7.86. The first kappa shape index (κ1) is 16.6. The topological polar surface area (TPSA) is 63.9 Å². The van der Waals surface area contributed by atoms with Gasteiger partial charge in [0.25, 0.3) is 0 Å². The van der Waals surface area contributed by atoms with Gasteiger partial charge in [0.1, 0.15) is 5.75 Å². The average Bonchev–Trinajstić information content (AvgIpc) is 2.92. The van der Waals surface area contributed by atoms with Gasteiger partial charge < -0.3 is 10.5 Å². The van der Waals surface area contributed by atoms with Crippen LogP contribution in [0.15, 0.2) is 24.3 Å². The van der Waals surface area contributed by atoms with Crippen LogP contribution in [0.25, 0.3) is 0 Å². The van der Waals surface area contributed by atoms with Gasteiger partial charge in [-0.1, -0.05) is 26.8 Å². The Morgan fingerprint density at radius 1 is 1.27 bits per heavy atom. The molecule has 3 N–H and O–H groups in total. The molecule has 0 saturated carbocycles. The Bertz CT molecular complexity index is 626. The number of hydrogen-bond donors (Lipinski definition) is 2. The Kier molecular flexibility index (Phi) is 4.91. The number of hydrogen-bond acceptors (Lipinski definition) is 3. The molecule has 0 bridgehead atoms. The summed E-state index contributed by atoms with van der Waals surface area (Å²) in [5.74, 6) is 1.03. The van der Waals surface area contributed by atoms with Gasteiger partial charge in [0.15, 0.2) is 0 Å². The normalized spacial score (nSPS) is 13.2. The predicted octanol–water partition coefficient (Wildman–Crippen LogP) is 3.50. The number of aromatic amines is 1. The molecule has 1 aromatic carbocycles. The minimum Gasteiger partial charge on any atom is -0.494 e. The third kappa shape index (κ3) is 3.50. The Labute approximate surface area is 133 Å². The smallest absolute Gasteiger partial charge is 0.119 e. The highest BCUT2D eigenvalue weighted by molar-refractivity contribution is 5.41. The quantitative estimate of drug-likeness (QED) is 0.888. The number of nitrogens with one attached hydrogen (secondary N) is 1. The number of aromatic nitrogens is 2. The van der Waals surface area contributed by atoms with Crippen LogP contribution in [-0.2, 0) is 5.41 Å². The summed E-state index contributed by atoms with van der Waals surface area (Å²) < 4.78 is 5.56. The van der Waals surface area contributed by atoms with Gasteiger partial charge in [0.05, 0.1) is 12.3 Å². The Balaban J connectivity index is 2.34. The van der Waals surface area contributed by atoms with E-state index in [9.17, 15) is 0 Å². The van der Waals surface area contributed by atoms with E-state index in [0.29, 0.717) is 13.2 Å². The molecule has 0 saturated heterocycles. The van der Waals surface area contributed by atoms with Crippen LogP contribution in [0, 0.1) is 6.92 Å². The fourth-order valence-corrected chi connectivity index (χ4v) is 2.62. The molecule has 0 aliphatic carbocycles. The lowest BCUT2D eigenvalue weighted by Gasteiger charge is -2.17. The van der Waals surface area contributed by atoms with Gasteiger partial charge in [-0.05, 0) is 43.2 Å². The van der Waals surface area contributed by atoms with Gasteiger partial charge >= 0.3 is 0 Å². The third-order valence-electron chi connectivity index (χ3n) is 3.90. The van der Waals surface area contributed by atoms with Crippen molar-refractivity contribution in [2.75, 3.05) is 13.2 Å². The molecule has 1 heterocycles. The minimum absolute atomic E-state index is 0.0295. The highest BCUT2D eigenvalue weighted by atomic mass is 16.5. The summed E-state index contributed by atoms with van der Waals surface area (Å²) in [6.07, 6.45) is 0. The molecule has 0 amide bonds. The maximum Gasteiger partial charge on any atom is 0.119 e. The number of rotatable bonds is 5. The van der Waals surface area contributed by atoms with Crippen LogP contribution < -0.4 is 10.5 Å². The Morgan fingerprint density at radius 3 is 2.50 bits per heavy atom. The lowest BCUT2D eigenvalue weighted by molar-refractivity contribution is 0.340. The Morgan fingerprint density at radius 2 is 2.00 bits per heavy atom.